The van der Waals surface area contributed by atoms with Crippen LogP contribution in [0.4, 0.5) is 11.4 Å². The number of nitrogens with zero attached hydrogens (tertiary/aromatic N) is 2. The van der Waals surface area contributed by atoms with Crippen molar-refractivity contribution in [1.82, 2.24) is 4.72 Å². The Kier molecular flexibility index (Phi) is 3.10. The van der Waals surface area contributed by atoms with Gasteiger partial charge in [-0.15, -0.1) is 0 Å². The fourth-order valence-electron chi connectivity index (χ4n) is 1.70. The van der Waals surface area contributed by atoms with E-state index in [0.29, 0.717) is 0 Å². The molecule has 0 bridgehead atoms. The van der Waals surface area contributed by atoms with Crippen molar-refractivity contribution in [2.75, 3.05) is 0 Å². The molecule has 0 radical (unpaired) electrons. The smallest absolute Gasteiger partial charge is 0.272 e. The number of amides is 1. The molecule has 1 heterocycles. The summed E-state index contributed by atoms with van der Waals surface area (Å²) in [7, 11) is -4.01. The summed E-state index contributed by atoms with van der Waals surface area (Å²) in [6.07, 6.45) is 0. The van der Waals surface area contributed by atoms with Gasteiger partial charge in [0.2, 0.25) is 0 Å². The van der Waals surface area contributed by atoms with E-state index in [1.54, 1.807) is 4.72 Å². The minimum atomic E-state index is -4.01. The Morgan fingerprint density at radius 1 is 1.15 bits per heavy atom. The van der Waals surface area contributed by atoms with E-state index in [1.165, 1.54) is 0 Å². The second-order valence-electron chi connectivity index (χ2n) is 3.78. The van der Waals surface area contributed by atoms with Gasteiger partial charge < -0.3 is 0 Å². The molecule has 1 aromatic rings. The van der Waals surface area contributed by atoms with E-state index >= 15 is 0 Å². The molecule has 0 saturated carbocycles. The molecule has 1 atom stereocenters. The number of halogens is 1. The molecule has 1 unspecified atom stereocenters. The predicted octanol–water partition coefficient (Wildman–Crippen LogP) is 0.657. The van der Waals surface area contributed by atoms with Crippen molar-refractivity contribution in [3.63, 3.8) is 0 Å². The van der Waals surface area contributed by atoms with Gasteiger partial charge in [-0.25, -0.2) is 8.42 Å². The molecular weight excluding hydrogens is 318 g/mol. The van der Waals surface area contributed by atoms with E-state index in [2.05, 4.69) is 0 Å². The van der Waals surface area contributed by atoms with Crippen molar-refractivity contribution < 1.29 is 23.1 Å². The van der Waals surface area contributed by atoms with Gasteiger partial charge >= 0.3 is 0 Å². The van der Waals surface area contributed by atoms with Gasteiger partial charge in [-0.1, -0.05) is 11.6 Å². The first-order valence-corrected chi connectivity index (χ1v) is 6.75. The number of carbonyl (C=O) groups is 1. The maximum atomic E-state index is 11.4. The minimum absolute atomic E-state index is 0.378. The minimum Gasteiger partial charge on any atom is -0.272 e. The lowest BCUT2D eigenvalue weighted by molar-refractivity contribution is -0.394. The molecule has 0 spiro atoms. The molecule has 1 aliphatic heterocycles. The average molecular weight is 322 g/mol. The van der Waals surface area contributed by atoms with Crippen molar-refractivity contribution in [3.8, 4) is 0 Å². The first-order valence-electron chi connectivity index (χ1n) is 4.83. The number of nitrogens with one attached hydrogen (secondary N) is 1. The molecule has 1 amide bonds. The molecule has 20 heavy (non-hydrogen) atoms. The van der Waals surface area contributed by atoms with Crippen LogP contribution in [0.5, 0.6) is 0 Å². The van der Waals surface area contributed by atoms with Crippen LogP contribution in [0.25, 0.3) is 0 Å². The summed E-state index contributed by atoms with van der Waals surface area (Å²) in [6, 6.07) is 1.46. The normalized spacial score (nSPS) is 19.9. The summed E-state index contributed by atoms with van der Waals surface area (Å²) < 4.78 is 24.3. The second kappa shape index (κ2) is 4.38. The average Bonchev–Trinajstić information content (AvgIpc) is 2.29. The monoisotopic (exact) mass is 321 g/mol. The van der Waals surface area contributed by atoms with E-state index in [0.717, 1.165) is 12.1 Å². The molecule has 1 N–H and O–H groups in total. The molecule has 10 nitrogen and oxygen atoms in total. The topological polar surface area (TPSA) is 150 Å². The van der Waals surface area contributed by atoms with Gasteiger partial charge in [0.1, 0.15) is 0 Å². The predicted molar refractivity (Wildman–Crippen MR) is 64.6 cm³/mol. The molecule has 2 rings (SSSR count). The number of rotatable bonds is 3. The molecule has 12 heteroatoms. The third-order valence-corrected chi connectivity index (χ3v) is 4.52. The second-order valence-corrected chi connectivity index (χ2v) is 5.92. The summed E-state index contributed by atoms with van der Waals surface area (Å²) in [5.41, 5.74) is -2.06. The van der Waals surface area contributed by atoms with E-state index in [9.17, 15) is 33.4 Å². The third kappa shape index (κ3) is 2.06. The van der Waals surface area contributed by atoms with Gasteiger partial charge in [-0.3, -0.25) is 29.7 Å². The zero-order valence-electron chi connectivity index (χ0n) is 9.27. The Labute approximate surface area is 115 Å². The number of nitro groups is 2. The van der Waals surface area contributed by atoms with E-state index in [4.69, 9.17) is 11.6 Å². The van der Waals surface area contributed by atoms with Crippen molar-refractivity contribution >= 4 is 38.9 Å². The fraction of sp³-hybridized carbons (Fsp3) is 0.125. The summed E-state index contributed by atoms with van der Waals surface area (Å²) in [5, 5.41) is 19.1. The molecule has 1 fully saturated rings. The van der Waals surface area contributed by atoms with Gasteiger partial charge in [0.05, 0.1) is 9.85 Å². The molecule has 0 aliphatic carbocycles. The number of hydrogen-bond acceptors (Lipinski definition) is 7. The fourth-order valence-corrected chi connectivity index (χ4v) is 3.11. The van der Waals surface area contributed by atoms with Crippen LogP contribution in [-0.4, -0.2) is 24.2 Å². The van der Waals surface area contributed by atoms with Crippen LogP contribution >= 0.6 is 11.6 Å². The SMILES string of the molecule is O=C1NS(=O)(=O)C1c1cc([N+](=O)[O-])c(Cl)c([N+](=O)[O-])c1. The van der Waals surface area contributed by atoms with Crippen LogP contribution in [0.15, 0.2) is 12.1 Å². The molecule has 1 saturated heterocycles. The highest BCUT2D eigenvalue weighted by molar-refractivity contribution is 7.93. The first-order chi connectivity index (χ1) is 9.15. The van der Waals surface area contributed by atoms with Crippen LogP contribution in [0.3, 0.4) is 0 Å². The summed E-state index contributed by atoms with van der Waals surface area (Å²) in [4.78, 5) is 30.8. The van der Waals surface area contributed by atoms with Crippen molar-refractivity contribution in [3.05, 3.63) is 42.9 Å². The molecule has 0 aromatic heterocycles. The highest BCUT2D eigenvalue weighted by Crippen LogP contribution is 2.39. The van der Waals surface area contributed by atoms with Crippen LogP contribution in [0.1, 0.15) is 10.8 Å². The number of nitro benzene ring substituents is 2. The largest absolute Gasteiger partial charge is 0.295 e. The highest BCUT2D eigenvalue weighted by Gasteiger charge is 2.47. The van der Waals surface area contributed by atoms with Gasteiger partial charge in [0.25, 0.3) is 27.3 Å². The number of benzene rings is 1. The van der Waals surface area contributed by atoms with Crippen molar-refractivity contribution in [1.29, 1.82) is 0 Å². The van der Waals surface area contributed by atoms with Crippen LogP contribution in [-0.2, 0) is 14.8 Å². The maximum absolute atomic E-state index is 11.4. The first kappa shape index (κ1) is 14.1. The summed E-state index contributed by atoms with van der Waals surface area (Å²) in [6.45, 7) is 0. The Hall–Kier alpha value is -2.27. The lowest BCUT2D eigenvalue weighted by Crippen LogP contribution is -2.51. The van der Waals surface area contributed by atoms with Crippen LogP contribution in [0, 0.1) is 20.2 Å². The Bertz CT molecular complexity index is 724. The molecular formula is C8H4ClN3O7S. The summed E-state index contributed by atoms with van der Waals surface area (Å²) >= 11 is 5.51. The van der Waals surface area contributed by atoms with Crippen LogP contribution in [0.2, 0.25) is 5.02 Å². The van der Waals surface area contributed by atoms with Gasteiger partial charge in [-0.05, 0) is 5.56 Å². The molecule has 106 valence electrons. The number of carbonyl (C=O) groups excluding carboxylic acids is 1. The Morgan fingerprint density at radius 2 is 1.60 bits per heavy atom. The van der Waals surface area contributed by atoms with Gasteiger partial charge in [0.15, 0.2) is 10.3 Å². The molecule has 1 aliphatic rings. The number of sulfonamides is 1. The van der Waals surface area contributed by atoms with Crippen molar-refractivity contribution in [2.45, 2.75) is 5.25 Å². The maximum Gasteiger partial charge on any atom is 0.295 e. The van der Waals surface area contributed by atoms with E-state index in [-0.39, 0.29) is 5.56 Å². The standard InChI is InChI=1S/C8H4ClN3O7S/c9-6-4(11(14)15)1-3(2-5(6)12(16)17)7-8(13)10-20(7,18)19/h1-2,7H,(H,10,13). The van der Waals surface area contributed by atoms with Crippen LogP contribution < -0.4 is 4.72 Å². The molecule has 1 aromatic carbocycles. The van der Waals surface area contributed by atoms with Gasteiger partial charge in [-0.2, -0.15) is 0 Å². The zero-order valence-corrected chi connectivity index (χ0v) is 10.8. The van der Waals surface area contributed by atoms with Gasteiger partial charge in [0, 0.05) is 12.1 Å². The third-order valence-electron chi connectivity index (χ3n) is 2.54. The lowest BCUT2D eigenvalue weighted by Gasteiger charge is -2.25. The Balaban J connectivity index is 2.69. The lowest BCUT2D eigenvalue weighted by atomic mass is 10.1. The highest BCUT2D eigenvalue weighted by atomic mass is 35.5. The number of hydrogen-bond donors (Lipinski definition) is 1. The quantitative estimate of drug-likeness (QED) is 0.634. The van der Waals surface area contributed by atoms with E-state index in [1.807, 2.05) is 0 Å². The Morgan fingerprint density at radius 3 is 1.90 bits per heavy atom. The zero-order chi connectivity index (χ0) is 15.2. The summed E-state index contributed by atoms with van der Waals surface area (Å²) in [5.74, 6) is -0.920. The van der Waals surface area contributed by atoms with Crippen molar-refractivity contribution in [2.24, 2.45) is 0 Å². The van der Waals surface area contributed by atoms with E-state index < -0.39 is 47.4 Å².